The molecule has 0 radical (unpaired) electrons. The first-order valence-corrected chi connectivity index (χ1v) is 9.46. The summed E-state index contributed by atoms with van der Waals surface area (Å²) in [7, 11) is 0. The van der Waals surface area contributed by atoms with Gasteiger partial charge in [-0.2, -0.15) is 4.79 Å². The summed E-state index contributed by atoms with van der Waals surface area (Å²) in [6.07, 6.45) is 12.3. The maximum atomic E-state index is 12.0. The fraction of sp³-hybridized carbons (Fsp3) is 0.650. The predicted octanol–water partition coefficient (Wildman–Crippen LogP) is 3.79. The maximum absolute atomic E-state index is 12.0. The number of esters is 1. The molecule has 1 atom stereocenters. The van der Waals surface area contributed by atoms with E-state index in [1.165, 1.54) is 12.8 Å². The van der Waals surface area contributed by atoms with Gasteiger partial charge >= 0.3 is 11.7 Å². The van der Waals surface area contributed by atoms with Crippen LogP contribution in [0.25, 0.3) is 5.53 Å². The molecule has 0 rings (SSSR count). The van der Waals surface area contributed by atoms with Crippen molar-refractivity contribution in [1.29, 1.82) is 0 Å². The molecule has 0 aromatic rings. The largest absolute Gasteiger partial charge is 0.466 e. The summed E-state index contributed by atoms with van der Waals surface area (Å²) in [5.74, 6) is -0.669. The highest BCUT2D eigenvalue weighted by atomic mass is 16.5. The van der Waals surface area contributed by atoms with Crippen molar-refractivity contribution in [3.8, 4) is 0 Å². The lowest BCUT2D eigenvalue weighted by Gasteiger charge is -2.02. The Bertz CT molecular complexity index is 520. The van der Waals surface area contributed by atoms with Gasteiger partial charge in [-0.1, -0.05) is 44.1 Å². The first kappa shape index (κ1) is 24.0. The molecule has 6 heteroatoms. The number of allylic oxidation sites excluding steroid dienone is 3. The molecule has 0 saturated carbocycles. The molecule has 0 aliphatic rings. The van der Waals surface area contributed by atoms with Crippen molar-refractivity contribution >= 4 is 17.5 Å². The van der Waals surface area contributed by atoms with Gasteiger partial charge in [0, 0.05) is 12.8 Å². The number of ether oxygens (including phenoxy) is 1. The van der Waals surface area contributed by atoms with E-state index in [-0.39, 0.29) is 30.9 Å². The van der Waals surface area contributed by atoms with Crippen LogP contribution in [0.2, 0.25) is 0 Å². The van der Waals surface area contributed by atoms with Crippen LogP contribution >= 0.6 is 0 Å². The van der Waals surface area contributed by atoms with Gasteiger partial charge in [-0.05, 0) is 32.6 Å². The lowest BCUT2D eigenvalue weighted by Crippen LogP contribution is -2.20. The SMILES string of the molecule is CCCCC/C=C/C=C/C(O)CC(=O)C(CCCCC(=O)OCC)=[N+]=[N-]. The van der Waals surface area contributed by atoms with Gasteiger partial charge in [-0.3, -0.25) is 9.59 Å². The monoisotopic (exact) mass is 364 g/mol. The number of unbranched alkanes of at least 4 members (excludes halogenated alkanes) is 4. The first-order chi connectivity index (χ1) is 12.5. The number of hydrogen-bond donors (Lipinski definition) is 1. The van der Waals surface area contributed by atoms with Crippen LogP contribution in [-0.2, 0) is 14.3 Å². The molecule has 0 bridgehead atoms. The molecule has 0 amide bonds. The van der Waals surface area contributed by atoms with Crippen LogP contribution < -0.4 is 0 Å². The Morgan fingerprint density at radius 1 is 1.12 bits per heavy atom. The van der Waals surface area contributed by atoms with Crippen LogP contribution in [0, 0.1) is 0 Å². The molecule has 0 spiro atoms. The molecule has 26 heavy (non-hydrogen) atoms. The third-order valence-corrected chi connectivity index (χ3v) is 3.74. The maximum Gasteiger partial charge on any atom is 0.334 e. The predicted molar refractivity (Wildman–Crippen MR) is 102 cm³/mol. The van der Waals surface area contributed by atoms with Gasteiger partial charge in [-0.25, -0.2) is 0 Å². The van der Waals surface area contributed by atoms with Gasteiger partial charge in [-0.15, -0.1) is 0 Å². The van der Waals surface area contributed by atoms with Crippen molar-refractivity contribution in [3.05, 3.63) is 29.8 Å². The molecular formula is C20H32N2O4. The van der Waals surface area contributed by atoms with Crippen molar-refractivity contribution in [2.75, 3.05) is 6.61 Å². The quantitative estimate of drug-likeness (QED) is 0.119. The Morgan fingerprint density at radius 2 is 1.85 bits per heavy atom. The number of nitrogens with zero attached hydrogens (tertiary/aromatic N) is 2. The van der Waals surface area contributed by atoms with E-state index < -0.39 is 11.9 Å². The van der Waals surface area contributed by atoms with E-state index in [4.69, 9.17) is 10.3 Å². The summed E-state index contributed by atoms with van der Waals surface area (Å²) in [6, 6.07) is 0. The second-order valence-electron chi connectivity index (χ2n) is 6.06. The third-order valence-electron chi connectivity index (χ3n) is 3.74. The molecule has 1 unspecified atom stereocenters. The van der Waals surface area contributed by atoms with E-state index in [2.05, 4.69) is 11.7 Å². The van der Waals surface area contributed by atoms with E-state index in [1.54, 1.807) is 19.1 Å². The Kier molecular flexibility index (Phi) is 15.1. The van der Waals surface area contributed by atoms with Crippen LogP contribution in [0.15, 0.2) is 24.3 Å². The Hall–Kier alpha value is -2.04. The normalized spacial score (nSPS) is 12.3. The zero-order valence-electron chi connectivity index (χ0n) is 16.0. The number of hydrogen-bond acceptors (Lipinski definition) is 4. The number of aliphatic hydroxyl groups excluding tert-OH is 1. The molecule has 0 aliphatic heterocycles. The molecule has 0 aromatic heterocycles. The molecule has 6 nitrogen and oxygen atoms in total. The third kappa shape index (κ3) is 13.3. The highest BCUT2D eigenvalue weighted by molar-refractivity contribution is 6.37. The molecule has 0 aromatic carbocycles. The fourth-order valence-electron chi connectivity index (χ4n) is 2.30. The van der Waals surface area contributed by atoms with E-state index in [9.17, 15) is 14.7 Å². The molecule has 1 N–H and O–H groups in total. The van der Waals surface area contributed by atoms with Crippen LogP contribution in [0.1, 0.15) is 71.6 Å². The Labute approximate surface area is 156 Å². The van der Waals surface area contributed by atoms with Gasteiger partial charge in [0.1, 0.15) is 0 Å². The molecule has 0 saturated heterocycles. The second-order valence-corrected chi connectivity index (χ2v) is 6.06. The topological polar surface area (TPSA) is 100 Å². The van der Waals surface area contributed by atoms with E-state index in [1.807, 2.05) is 12.2 Å². The second kappa shape index (κ2) is 16.4. The summed E-state index contributed by atoms with van der Waals surface area (Å²) < 4.78 is 4.82. The van der Waals surface area contributed by atoms with Crippen molar-refractivity contribution in [2.24, 2.45) is 0 Å². The zero-order chi connectivity index (χ0) is 19.6. The molecule has 0 aliphatic carbocycles. The van der Waals surface area contributed by atoms with E-state index in [0.29, 0.717) is 19.4 Å². The zero-order valence-corrected chi connectivity index (χ0v) is 16.0. The minimum atomic E-state index is -0.918. The standard InChI is InChI=1S/C20H32N2O4/c1-3-5-6-7-8-9-10-13-17(23)16-19(24)18(22-21)14-11-12-15-20(25)26-4-2/h8-10,13,17,23H,3-7,11-12,14-16H2,1-2H3/b9-8+,13-10+. The molecule has 0 fully saturated rings. The van der Waals surface area contributed by atoms with E-state index >= 15 is 0 Å². The van der Waals surface area contributed by atoms with Crippen molar-refractivity contribution in [2.45, 2.75) is 77.7 Å². The number of aliphatic hydroxyl groups is 1. The highest BCUT2D eigenvalue weighted by Crippen LogP contribution is 2.06. The fourth-order valence-corrected chi connectivity index (χ4v) is 2.30. The molecular weight excluding hydrogens is 332 g/mol. The van der Waals surface area contributed by atoms with E-state index in [0.717, 1.165) is 12.8 Å². The van der Waals surface area contributed by atoms with Crippen molar-refractivity contribution < 1.29 is 24.2 Å². The Morgan fingerprint density at radius 3 is 2.50 bits per heavy atom. The smallest absolute Gasteiger partial charge is 0.334 e. The van der Waals surface area contributed by atoms with Crippen LogP contribution in [0.5, 0.6) is 0 Å². The van der Waals surface area contributed by atoms with Crippen molar-refractivity contribution in [3.63, 3.8) is 0 Å². The summed E-state index contributed by atoms with van der Waals surface area (Å²) in [5.41, 5.74) is 9.01. The molecule has 0 heterocycles. The number of carbonyl (C=O) groups excluding carboxylic acids is 2. The summed E-state index contributed by atoms with van der Waals surface area (Å²) >= 11 is 0. The van der Waals surface area contributed by atoms with Gasteiger partial charge < -0.3 is 15.4 Å². The number of rotatable bonds is 15. The number of carbonyl (C=O) groups is 2. The van der Waals surface area contributed by atoms with Crippen LogP contribution in [0.3, 0.4) is 0 Å². The minimum Gasteiger partial charge on any atom is -0.466 e. The van der Waals surface area contributed by atoms with Crippen LogP contribution in [0.4, 0.5) is 0 Å². The lowest BCUT2D eigenvalue weighted by molar-refractivity contribution is -0.143. The van der Waals surface area contributed by atoms with Gasteiger partial charge in [0.05, 0.1) is 19.1 Å². The molecule has 146 valence electrons. The summed E-state index contributed by atoms with van der Waals surface area (Å²) in [6.45, 7) is 4.25. The Balaban J connectivity index is 4.12. The average Bonchev–Trinajstić information content (AvgIpc) is 2.61. The first-order valence-electron chi connectivity index (χ1n) is 9.46. The van der Waals surface area contributed by atoms with Crippen molar-refractivity contribution in [1.82, 2.24) is 0 Å². The minimum absolute atomic E-state index is 0.0245. The average molecular weight is 364 g/mol. The van der Waals surface area contributed by atoms with Gasteiger partial charge in [0.15, 0.2) is 0 Å². The summed E-state index contributed by atoms with van der Waals surface area (Å²) in [4.78, 5) is 26.3. The van der Waals surface area contributed by atoms with Crippen LogP contribution in [-0.4, -0.2) is 40.1 Å². The number of ketones is 1. The highest BCUT2D eigenvalue weighted by Gasteiger charge is 2.21. The number of Topliss-reactive ketones (excluding diaryl/α,β-unsaturated/α-hetero) is 1. The lowest BCUT2D eigenvalue weighted by atomic mass is 10.0. The summed E-state index contributed by atoms with van der Waals surface area (Å²) in [5, 5.41) is 9.87. The van der Waals surface area contributed by atoms with Gasteiger partial charge in [0.2, 0.25) is 5.78 Å². The van der Waals surface area contributed by atoms with Gasteiger partial charge in [0.25, 0.3) is 0 Å².